The minimum atomic E-state index is 0.541. The van der Waals surface area contributed by atoms with Crippen LogP contribution in [-0.4, -0.2) is 9.97 Å². The number of nitrogens with zero attached hydrogens (tertiary/aromatic N) is 2. The summed E-state index contributed by atoms with van der Waals surface area (Å²) in [5, 5.41) is 2.97. The van der Waals surface area contributed by atoms with E-state index in [4.69, 9.17) is 5.73 Å². The molecule has 100 valence electrons. The Bertz CT molecular complexity index is 722. The Morgan fingerprint density at radius 2 is 2.05 bits per heavy atom. The lowest BCUT2D eigenvalue weighted by molar-refractivity contribution is 1.07. The first kappa shape index (κ1) is 13.4. The van der Waals surface area contributed by atoms with Gasteiger partial charge in [0, 0.05) is 28.2 Å². The molecule has 20 heavy (non-hydrogen) atoms. The van der Waals surface area contributed by atoms with Crippen molar-refractivity contribution in [3.8, 4) is 22.0 Å². The standard InChI is InChI=1S/C15H12BrN3S/c16-12-4-5-13(18-8-12)15-19-14(9-20-15)11-3-1-2-10(6-11)7-17/h1-6,8-9H,7,17H2. The van der Waals surface area contributed by atoms with E-state index in [0.717, 1.165) is 32.0 Å². The van der Waals surface area contributed by atoms with Crippen molar-refractivity contribution in [2.24, 2.45) is 5.73 Å². The minimum Gasteiger partial charge on any atom is -0.326 e. The number of hydrogen-bond donors (Lipinski definition) is 1. The molecule has 0 atom stereocenters. The molecule has 0 amide bonds. The van der Waals surface area contributed by atoms with Crippen molar-refractivity contribution in [2.45, 2.75) is 6.54 Å². The van der Waals surface area contributed by atoms with E-state index >= 15 is 0 Å². The summed E-state index contributed by atoms with van der Waals surface area (Å²) in [4.78, 5) is 9.03. The highest BCUT2D eigenvalue weighted by Crippen LogP contribution is 2.28. The highest BCUT2D eigenvalue weighted by Gasteiger charge is 2.08. The number of rotatable bonds is 3. The van der Waals surface area contributed by atoms with E-state index in [9.17, 15) is 0 Å². The highest BCUT2D eigenvalue weighted by atomic mass is 79.9. The van der Waals surface area contributed by atoms with Crippen molar-refractivity contribution >= 4 is 27.3 Å². The summed E-state index contributed by atoms with van der Waals surface area (Å²) in [6, 6.07) is 12.1. The number of halogens is 1. The van der Waals surface area contributed by atoms with Crippen molar-refractivity contribution in [3.05, 3.63) is 58.0 Å². The second-order valence-corrected chi connectivity index (χ2v) is 6.08. The van der Waals surface area contributed by atoms with Crippen LogP contribution in [0.1, 0.15) is 5.56 Å². The largest absolute Gasteiger partial charge is 0.326 e. The van der Waals surface area contributed by atoms with E-state index in [-0.39, 0.29) is 0 Å². The van der Waals surface area contributed by atoms with Crippen molar-refractivity contribution in [2.75, 3.05) is 0 Å². The molecule has 5 heteroatoms. The number of hydrogen-bond acceptors (Lipinski definition) is 4. The highest BCUT2D eigenvalue weighted by molar-refractivity contribution is 9.10. The Hall–Kier alpha value is -1.56. The molecule has 3 nitrogen and oxygen atoms in total. The van der Waals surface area contributed by atoms with Gasteiger partial charge in [-0.2, -0.15) is 0 Å². The van der Waals surface area contributed by atoms with Gasteiger partial charge in [-0.1, -0.05) is 18.2 Å². The molecule has 3 aromatic rings. The quantitative estimate of drug-likeness (QED) is 0.777. The lowest BCUT2D eigenvalue weighted by Crippen LogP contribution is -1.95. The summed E-state index contributed by atoms with van der Waals surface area (Å²) in [6.45, 7) is 0.541. The van der Waals surface area contributed by atoms with Crippen LogP contribution >= 0.6 is 27.3 Å². The van der Waals surface area contributed by atoms with Crippen molar-refractivity contribution in [3.63, 3.8) is 0 Å². The number of nitrogens with two attached hydrogens (primary N) is 1. The maximum atomic E-state index is 5.67. The van der Waals surface area contributed by atoms with Gasteiger partial charge in [-0.3, -0.25) is 4.98 Å². The van der Waals surface area contributed by atoms with E-state index < -0.39 is 0 Å². The Morgan fingerprint density at radius 3 is 2.80 bits per heavy atom. The molecule has 0 radical (unpaired) electrons. The molecule has 1 aromatic carbocycles. The number of benzene rings is 1. The third-order valence-corrected chi connectivity index (χ3v) is 4.24. The van der Waals surface area contributed by atoms with Gasteiger partial charge in [-0.15, -0.1) is 11.3 Å². The zero-order valence-electron chi connectivity index (χ0n) is 10.6. The van der Waals surface area contributed by atoms with Gasteiger partial charge in [-0.05, 0) is 39.7 Å². The van der Waals surface area contributed by atoms with Crippen LogP contribution in [0.25, 0.3) is 22.0 Å². The molecule has 2 N–H and O–H groups in total. The molecule has 3 rings (SSSR count). The lowest BCUT2D eigenvalue weighted by Gasteiger charge is -2.00. The number of aromatic nitrogens is 2. The first-order valence-corrected chi connectivity index (χ1v) is 7.80. The molecule has 0 unspecified atom stereocenters. The van der Waals surface area contributed by atoms with E-state index in [1.807, 2.05) is 30.3 Å². The molecule has 0 saturated heterocycles. The zero-order valence-corrected chi connectivity index (χ0v) is 13.0. The summed E-state index contributed by atoms with van der Waals surface area (Å²) in [6.07, 6.45) is 1.78. The van der Waals surface area contributed by atoms with Crippen LogP contribution in [0.3, 0.4) is 0 Å². The van der Waals surface area contributed by atoms with Crippen LogP contribution in [0, 0.1) is 0 Å². The van der Waals surface area contributed by atoms with Gasteiger partial charge in [0.1, 0.15) is 5.01 Å². The predicted octanol–water partition coefficient (Wildman–Crippen LogP) is 4.09. The lowest BCUT2D eigenvalue weighted by atomic mass is 10.1. The summed E-state index contributed by atoms with van der Waals surface area (Å²) < 4.78 is 0.966. The molecule has 0 bridgehead atoms. The van der Waals surface area contributed by atoms with Crippen molar-refractivity contribution in [1.82, 2.24) is 9.97 Å². The molecule has 2 aromatic heterocycles. The molecule has 0 spiro atoms. The minimum absolute atomic E-state index is 0.541. The van der Waals surface area contributed by atoms with E-state index in [2.05, 4.69) is 37.3 Å². The summed E-state index contributed by atoms with van der Waals surface area (Å²) in [5.41, 5.74) is 9.73. The Balaban J connectivity index is 1.95. The molecular weight excluding hydrogens is 334 g/mol. The average molecular weight is 346 g/mol. The fourth-order valence-electron chi connectivity index (χ4n) is 1.88. The first-order chi connectivity index (χ1) is 9.76. The van der Waals surface area contributed by atoms with E-state index in [0.29, 0.717) is 6.54 Å². The maximum Gasteiger partial charge on any atom is 0.142 e. The fraction of sp³-hybridized carbons (Fsp3) is 0.0667. The third-order valence-electron chi connectivity index (χ3n) is 2.91. The third kappa shape index (κ3) is 2.80. The van der Waals surface area contributed by atoms with Gasteiger partial charge < -0.3 is 5.73 Å². The number of thiazole rings is 1. The molecule has 0 aliphatic carbocycles. The second kappa shape index (κ2) is 5.83. The molecule has 0 aliphatic rings. The van der Waals surface area contributed by atoms with Gasteiger partial charge in [0.15, 0.2) is 0 Å². The molecular formula is C15H12BrN3S. The summed E-state index contributed by atoms with van der Waals surface area (Å²) in [7, 11) is 0. The summed E-state index contributed by atoms with van der Waals surface area (Å²) >= 11 is 4.98. The molecule has 0 aliphatic heterocycles. The predicted molar refractivity (Wildman–Crippen MR) is 86.4 cm³/mol. The van der Waals surface area contributed by atoms with Crippen LogP contribution in [0.2, 0.25) is 0 Å². The van der Waals surface area contributed by atoms with Gasteiger partial charge >= 0.3 is 0 Å². The topological polar surface area (TPSA) is 51.8 Å². The molecule has 0 fully saturated rings. The van der Waals surface area contributed by atoms with E-state index in [1.165, 1.54) is 0 Å². The van der Waals surface area contributed by atoms with Crippen LogP contribution in [0.4, 0.5) is 0 Å². The van der Waals surface area contributed by atoms with Gasteiger partial charge in [-0.25, -0.2) is 4.98 Å². The number of pyridine rings is 1. The van der Waals surface area contributed by atoms with Gasteiger partial charge in [0.2, 0.25) is 0 Å². The molecule has 2 heterocycles. The fourth-order valence-corrected chi connectivity index (χ4v) is 2.92. The average Bonchev–Trinajstić information content (AvgIpc) is 2.98. The van der Waals surface area contributed by atoms with Crippen molar-refractivity contribution < 1.29 is 0 Å². The van der Waals surface area contributed by atoms with Crippen LogP contribution < -0.4 is 5.73 Å². The van der Waals surface area contributed by atoms with Gasteiger partial charge in [0.25, 0.3) is 0 Å². The normalized spacial score (nSPS) is 10.7. The van der Waals surface area contributed by atoms with Gasteiger partial charge in [0.05, 0.1) is 11.4 Å². The monoisotopic (exact) mass is 345 g/mol. The Kier molecular flexibility index (Phi) is 3.91. The molecule has 0 saturated carbocycles. The maximum absolute atomic E-state index is 5.67. The zero-order chi connectivity index (χ0) is 13.9. The van der Waals surface area contributed by atoms with Crippen LogP contribution in [-0.2, 0) is 6.54 Å². The first-order valence-electron chi connectivity index (χ1n) is 6.13. The second-order valence-electron chi connectivity index (χ2n) is 4.30. The van der Waals surface area contributed by atoms with Crippen molar-refractivity contribution in [1.29, 1.82) is 0 Å². The SMILES string of the molecule is NCc1cccc(-c2csc(-c3ccc(Br)cn3)n2)c1. The smallest absolute Gasteiger partial charge is 0.142 e. The van der Waals surface area contributed by atoms with E-state index in [1.54, 1.807) is 17.5 Å². The summed E-state index contributed by atoms with van der Waals surface area (Å²) in [5.74, 6) is 0. The Labute approximate surface area is 129 Å². The van der Waals surface area contributed by atoms with Crippen LogP contribution in [0.5, 0.6) is 0 Å². The van der Waals surface area contributed by atoms with Crippen LogP contribution in [0.15, 0.2) is 52.4 Å². The Morgan fingerprint density at radius 1 is 1.15 bits per heavy atom.